The summed E-state index contributed by atoms with van der Waals surface area (Å²) in [6.45, 7) is 3.64. The summed E-state index contributed by atoms with van der Waals surface area (Å²) in [6, 6.07) is 9.89. The van der Waals surface area contributed by atoms with Gasteiger partial charge in [0.25, 0.3) is 0 Å². The number of rotatable bonds is 7. The molecular weight excluding hydrogens is 338 g/mol. The Hall–Kier alpha value is -2.36. The molecule has 0 bridgehead atoms. The van der Waals surface area contributed by atoms with Crippen molar-refractivity contribution in [2.75, 3.05) is 40.3 Å². The molecule has 1 fully saturated rings. The van der Waals surface area contributed by atoms with Crippen LogP contribution in [0.5, 0.6) is 5.75 Å². The summed E-state index contributed by atoms with van der Waals surface area (Å²) in [5, 5.41) is 13.3. The molecule has 1 aliphatic heterocycles. The van der Waals surface area contributed by atoms with Gasteiger partial charge in [-0.1, -0.05) is 6.07 Å². The first-order valence-corrected chi connectivity index (χ1v) is 9.57. The first-order chi connectivity index (χ1) is 13.1. The minimum Gasteiger partial charge on any atom is -0.492 e. The van der Waals surface area contributed by atoms with Crippen molar-refractivity contribution in [1.29, 1.82) is 5.26 Å². The van der Waals surface area contributed by atoms with Gasteiger partial charge < -0.3 is 9.64 Å². The molecule has 144 valence electrons. The van der Waals surface area contributed by atoms with Crippen molar-refractivity contribution in [2.24, 2.45) is 13.0 Å². The van der Waals surface area contributed by atoms with E-state index in [1.807, 2.05) is 30.1 Å². The molecule has 2 aromatic rings. The second kappa shape index (κ2) is 9.03. The van der Waals surface area contributed by atoms with E-state index in [-0.39, 0.29) is 0 Å². The van der Waals surface area contributed by atoms with Crippen molar-refractivity contribution in [1.82, 2.24) is 19.6 Å². The Morgan fingerprint density at radius 2 is 2.22 bits per heavy atom. The molecule has 0 radical (unpaired) electrons. The van der Waals surface area contributed by atoms with Crippen molar-refractivity contribution in [2.45, 2.75) is 18.9 Å². The Morgan fingerprint density at radius 3 is 2.96 bits per heavy atom. The van der Waals surface area contributed by atoms with Crippen LogP contribution in [0.2, 0.25) is 0 Å². The molecule has 2 atom stereocenters. The summed E-state index contributed by atoms with van der Waals surface area (Å²) in [6.07, 6.45) is 6.62. The fourth-order valence-corrected chi connectivity index (χ4v) is 4.04. The molecule has 1 aliphatic rings. The van der Waals surface area contributed by atoms with Crippen molar-refractivity contribution >= 4 is 0 Å². The van der Waals surface area contributed by atoms with Crippen LogP contribution in [0.25, 0.3) is 0 Å². The van der Waals surface area contributed by atoms with Crippen molar-refractivity contribution in [3.05, 3.63) is 47.8 Å². The van der Waals surface area contributed by atoms with Crippen LogP contribution < -0.4 is 4.74 Å². The smallest absolute Gasteiger partial charge is 0.120 e. The molecule has 1 aromatic carbocycles. The van der Waals surface area contributed by atoms with Crippen LogP contribution in [-0.4, -0.2) is 59.9 Å². The van der Waals surface area contributed by atoms with Gasteiger partial charge >= 0.3 is 0 Å². The van der Waals surface area contributed by atoms with Crippen LogP contribution in [0.15, 0.2) is 36.7 Å². The zero-order valence-electron chi connectivity index (χ0n) is 16.5. The van der Waals surface area contributed by atoms with E-state index in [0.717, 1.165) is 25.4 Å². The Balaban J connectivity index is 1.54. The lowest BCUT2D eigenvalue weighted by Crippen LogP contribution is -2.41. The summed E-state index contributed by atoms with van der Waals surface area (Å²) in [7, 11) is 6.35. The van der Waals surface area contributed by atoms with E-state index in [1.165, 1.54) is 18.4 Å². The Kier molecular flexibility index (Phi) is 6.49. The van der Waals surface area contributed by atoms with Gasteiger partial charge in [-0.25, -0.2) is 0 Å². The third-order valence-corrected chi connectivity index (χ3v) is 5.32. The average Bonchev–Trinajstić information content (AvgIpc) is 3.08. The van der Waals surface area contributed by atoms with Gasteiger partial charge in [-0.05, 0) is 57.6 Å². The molecule has 27 heavy (non-hydrogen) atoms. The van der Waals surface area contributed by atoms with Crippen molar-refractivity contribution < 1.29 is 4.74 Å². The topological polar surface area (TPSA) is 57.3 Å². The maximum atomic E-state index is 8.98. The maximum absolute atomic E-state index is 8.98. The van der Waals surface area contributed by atoms with Gasteiger partial charge in [-0.3, -0.25) is 9.58 Å². The average molecular weight is 367 g/mol. The van der Waals surface area contributed by atoms with Crippen LogP contribution >= 0.6 is 0 Å². The SMILES string of the molecule is CN(CCOc1cccc(C#N)c1)C[C@@H]1CCCN(C)[C@H]1c1cnn(C)c1. The Morgan fingerprint density at radius 1 is 1.37 bits per heavy atom. The van der Waals surface area contributed by atoms with Crippen LogP contribution in [0, 0.1) is 17.2 Å². The molecule has 3 rings (SSSR count). The van der Waals surface area contributed by atoms with Gasteiger partial charge in [0.05, 0.1) is 17.8 Å². The number of nitriles is 1. The first-order valence-electron chi connectivity index (χ1n) is 9.57. The number of nitrogens with zero attached hydrogens (tertiary/aromatic N) is 5. The summed E-state index contributed by atoms with van der Waals surface area (Å²) < 4.78 is 7.72. The Labute approximate surface area is 161 Å². The predicted octanol–water partition coefficient (Wildman–Crippen LogP) is 2.69. The van der Waals surface area contributed by atoms with E-state index >= 15 is 0 Å². The van der Waals surface area contributed by atoms with Gasteiger partial charge in [0.2, 0.25) is 0 Å². The van der Waals surface area contributed by atoms with E-state index in [2.05, 4.69) is 41.3 Å². The third kappa shape index (κ3) is 5.09. The highest BCUT2D eigenvalue weighted by Gasteiger charge is 2.31. The fraction of sp³-hybridized carbons (Fsp3) is 0.524. The first kappa shape index (κ1) is 19.4. The normalized spacial score (nSPS) is 20.6. The molecule has 1 saturated heterocycles. The quantitative estimate of drug-likeness (QED) is 0.753. The molecule has 2 heterocycles. The molecular formula is C21H29N5O. The lowest BCUT2D eigenvalue weighted by Gasteiger charge is -2.40. The van der Waals surface area contributed by atoms with E-state index in [0.29, 0.717) is 24.1 Å². The molecule has 0 spiro atoms. The molecule has 0 saturated carbocycles. The summed E-state index contributed by atoms with van der Waals surface area (Å²) in [5.41, 5.74) is 1.94. The monoisotopic (exact) mass is 367 g/mol. The number of benzene rings is 1. The van der Waals surface area contributed by atoms with Crippen molar-refractivity contribution in [3.63, 3.8) is 0 Å². The van der Waals surface area contributed by atoms with E-state index in [4.69, 9.17) is 10.00 Å². The number of ether oxygens (including phenoxy) is 1. The highest BCUT2D eigenvalue weighted by molar-refractivity contribution is 5.36. The lowest BCUT2D eigenvalue weighted by atomic mass is 9.86. The third-order valence-electron chi connectivity index (χ3n) is 5.32. The predicted molar refractivity (Wildman–Crippen MR) is 105 cm³/mol. The highest BCUT2D eigenvalue weighted by atomic mass is 16.5. The molecule has 6 nitrogen and oxygen atoms in total. The molecule has 0 unspecified atom stereocenters. The number of aryl methyl sites for hydroxylation is 1. The van der Waals surface area contributed by atoms with Gasteiger partial charge in [-0.15, -0.1) is 0 Å². The zero-order chi connectivity index (χ0) is 19.2. The zero-order valence-corrected chi connectivity index (χ0v) is 16.5. The second-order valence-corrected chi connectivity index (χ2v) is 7.53. The fourth-order valence-electron chi connectivity index (χ4n) is 4.04. The number of hydrogen-bond donors (Lipinski definition) is 0. The van der Waals surface area contributed by atoms with E-state index < -0.39 is 0 Å². The minimum absolute atomic E-state index is 0.420. The maximum Gasteiger partial charge on any atom is 0.120 e. The summed E-state index contributed by atoms with van der Waals surface area (Å²) >= 11 is 0. The summed E-state index contributed by atoms with van der Waals surface area (Å²) in [5.74, 6) is 1.34. The Bertz CT molecular complexity index is 781. The molecule has 0 amide bonds. The second-order valence-electron chi connectivity index (χ2n) is 7.53. The van der Waals surface area contributed by atoms with E-state index in [1.54, 1.807) is 12.1 Å². The largest absolute Gasteiger partial charge is 0.492 e. The molecule has 0 N–H and O–H groups in total. The lowest BCUT2D eigenvalue weighted by molar-refractivity contribution is 0.0901. The number of likely N-dealkylation sites (N-methyl/N-ethyl adjacent to an activating group) is 1. The van der Waals surface area contributed by atoms with Crippen LogP contribution in [-0.2, 0) is 7.05 Å². The highest BCUT2D eigenvalue weighted by Crippen LogP contribution is 2.35. The number of aromatic nitrogens is 2. The standard InChI is InChI=1S/C21H29N5O/c1-24(10-11-27-20-8-4-6-17(12-20)13-22)15-18-7-5-9-25(2)21(18)19-14-23-26(3)16-19/h4,6,8,12,14,16,18,21H,5,7,9-11,15H2,1-3H3/t18-,21+/m0/s1. The van der Waals surface area contributed by atoms with Gasteiger partial charge in [0.15, 0.2) is 0 Å². The minimum atomic E-state index is 0.420. The van der Waals surface area contributed by atoms with Gasteiger partial charge in [-0.2, -0.15) is 10.4 Å². The van der Waals surface area contributed by atoms with Crippen LogP contribution in [0.4, 0.5) is 0 Å². The molecule has 0 aliphatic carbocycles. The van der Waals surface area contributed by atoms with Crippen LogP contribution in [0.1, 0.15) is 30.0 Å². The number of piperidine rings is 1. The summed E-state index contributed by atoms with van der Waals surface area (Å²) in [4.78, 5) is 4.81. The van der Waals surface area contributed by atoms with Crippen LogP contribution in [0.3, 0.4) is 0 Å². The van der Waals surface area contributed by atoms with E-state index in [9.17, 15) is 0 Å². The van der Waals surface area contributed by atoms with Crippen molar-refractivity contribution in [3.8, 4) is 11.8 Å². The number of likely N-dealkylation sites (tertiary alicyclic amines) is 1. The van der Waals surface area contributed by atoms with Gasteiger partial charge in [0, 0.05) is 37.9 Å². The van der Waals surface area contributed by atoms with Gasteiger partial charge in [0.1, 0.15) is 12.4 Å². The molecule has 6 heteroatoms. The molecule has 1 aromatic heterocycles. The number of hydrogen-bond acceptors (Lipinski definition) is 5.